The zero-order valence-electron chi connectivity index (χ0n) is 17.1. The van der Waals surface area contributed by atoms with Gasteiger partial charge in [-0.2, -0.15) is 5.26 Å². The smallest absolute Gasteiger partial charge is 0.262 e. The van der Waals surface area contributed by atoms with Crippen molar-refractivity contribution in [2.75, 3.05) is 11.9 Å². The van der Waals surface area contributed by atoms with Gasteiger partial charge in [0.15, 0.2) is 6.61 Å². The highest BCUT2D eigenvalue weighted by molar-refractivity contribution is 7.16. The lowest BCUT2D eigenvalue weighted by atomic mass is 9.69. The molecule has 5 heteroatoms. The molecule has 1 aliphatic rings. The molecule has 3 rings (SSSR count). The summed E-state index contributed by atoms with van der Waals surface area (Å²) in [5, 5.41) is 13.2. The molecular weight excluding hydrogens is 368 g/mol. The summed E-state index contributed by atoms with van der Waals surface area (Å²) in [7, 11) is 0. The van der Waals surface area contributed by atoms with Gasteiger partial charge in [-0.3, -0.25) is 4.79 Å². The number of nitrogens with zero attached hydrogens (tertiary/aromatic N) is 1. The molecule has 1 aromatic carbocycles. The predicted molar refractivity (Wildman–Crippen MR) is 114 cm³/mol. The lowest BCUT2D eigenvalue weighted by Gasteiger charge is -2.36. The van der Waals surface area contributed by atoms with Crippen LogP contribution in [0.1, 0.15) is 55.2 Å². The van der Waals surface area contributed by atoms with E-state index in [2.05, 4.69) is 32.2 Å². The molecule has 1 unspecified atom stereocenters. The molecule has 0 bridgehead atoms. The second-order valence-corrected chi connectivity index (χ2v) is 9.36. The van der Waals surface area contributed by atoms with Crippen LogP contribution in [0.5, 0.6) is 5.75 Å². The normalized spacial score (nSPS) is 16.2. The third-order valence-corrected chi connectivity index (χ3v) is 7.21. The highest BCUT2D eigenvalue weighted by Gasteiger charge is 2.34. The van der Waals surface area contributed by atoms with E-state index in [0.717, 1.165) is 36.8 Å². The monoisotopic (exact) mass is 396 g/mol. The van der Waals surface area contributed by atoms with Crippen molar-refractivity contribution in [3.05, 3.63) is 45.8 Å². The highest BCUT2D eigenvalue weighted by Crippen LogP contribution is 2.45. The summed E-state index contributed by atoms with van der Waals surface area (Å²) in [5.74, 6) is 1.04. The average molecular weight is 397 g/mol. The predicted octanol–water partition coefficient (Wildman–Crippen LogP) is 5.49. The van der Waals surface area contributed by atoms with E-state index < -0.39 is 0 Å². The quantitative estimate of drug-likeness (QED) is 0.702. The van der Waals surface area contributed by atoms with Crippen LogP contribution < -0.4 is 10.1 Å². The number of amides is 1. The molecule has 2 aromatic rings. The number of benzene rings is 1. The molecule has 0 saturated heterocycles. The SMILES string of the molecule is CCC(C)(C)C1CCc2c(sc(NC(=O)COc3ccc(C)cc3)c2C#N)C1. The van der Waals surface area contributed by atoms with E-state index in [0.29, 0.717) is 27.6 Å². The lowest BCUT2D eigenvalue weighted by molar-refractivity contribution is -0.118. The number of hydrogen-bond donors (Lipinski definition) is 1. The molecule has 4 nitrogen and oxygen atoms in total. The van der Waals surface area contributed by atoms with E-state index in [-0.39, 0.29) is 12.5 Å². The zero-order valence-corrected chi connectivity index (χ0v) is 17.9. The second-order valence-electron chi connectivity index (χ2n) is 8.25. The number of fused-ring (bicyclic) bond motifs is 1. The van der Waals surface area contributed by atoms with Crippen LogP contribution in [0.15, 0.2) is 24.3 Å². The summed E-state index contributed by atoms with van der Waals surface area (Å²) in [6, 6.07) is 9.91. The fourth-order valence-corrected chi connectivity index (χ4v) is 4.99. The molecule has 0 fully saturated rings. The molecule has 0 spiro atoms. The Balaban J connectivity index is 1.69. The minimum absolute atomic E-state index is 0.0675. The second kappa shape index (κ2) is 8.36. The third-order valence-electron chi connectivity index (χ3n) is 6.04. The number of aryl methyl sites for hydroxylation is 1. The molecule has 1 N–H and O–H groups in total. The van der Waals surface area contributed by atoms with Crippen molar-refractivity contribution >= 4 is 22.2 Å². The molecule has 1 atom stereocenters. The number of rotatable bonds is 6. The van der Waals surface area contributed by atoms with Crippen LogP contribution in [0.2, 0.25) is 0 Å². The highest BCUT2D eigenvalue weighted by atomic mass is 32.1. The van der Waals surface area contributed by atoms with Crippen molar-refractivity contribution in [1.29, 1.82) is 5.26 Å². The van der Waals surface area contributed by atoms with Crippen LogP contribution in [0, 0.1) is 29.6 Å². The van der Waals surface area contributed by atoms with Crippen molar-refractivity contribution in [3.8, 4) is 11.8 Å². The molecule has 148 valence electrons. The number of thiophene rings is 1. The summed E-state index contributed by atoms with van der Waals surface area (Å²) in [6.45, 7) is 8.83. The topological polar surface area (TPSA) is 62.1 Å². The van der Waals surface area contributed by atoms with Gasteiger partial charge in [-0.25, -0.2) is 0 Å². The first-order chi connectivity index (χ1) is 13.3. The van der Waals surface area contributed by atoms with Crippen LogP contribution in [-0.2, 0) is 17.6 Å². The van der Waals surface area contributed by atoms with Gasteiger partial charge >= 0.3 is 0 Å². The molecule has 1 aromatic heterocycles. The summed E-state index contributed by atoms with van der Waals surface area (Å²) in [6.07, 6.45) is 4.15. The van der Waals surface area contributed by atoms with Crippen LogP contribution in [0.25, 0.3) is 0 Å². The fourth-order valence-electron chi connectivity index (χ4n) is 3.69. The number of ether oxygens (including phenoxy) is 1. The number of carbonyl (C=O) groups is 1. The van der Waals surface area contributed by atoms with Crippen LogP contribution in [0.4, 0.5) is 5.00 Å². The Morgan fingerprint density at radius 1 is 1.36 bits per heavy atom. The third kappa shape index (κ3) is 4.39. The molecule has 0 radical (unpaired) electrons. The maximum Gasteiger partial charge on any atom is 0.262 e. The van der Waals surface area contributed by atoms with Gasteiger partial charge in [0.25, 0.3) is 5.91 Å². The summed E-state index contributed by atoms with van der Waals surface area (Å²) >= 11 is 1.56. The van der Waals surface area contributed by atoms with E-state index >= 15 is 0 Å². The number of nitrogens with one attached hydrogen (secondary N) is 1. The molecule has 0 saturated carbocycles. The molecule has 1 heterocycles. The first kappa shape index (κ1) is 20.4. The number of nitriles is 1. The minimum atomic E-state index is -0.235. The number of hydrogen-bond acceptors (Lipinski definition) is 4. The van der Waals surface area contributed by atoms with E-state index in [4.69, 9.17) is 4.74 Å². The standard InChI is InChI=1S/C23H28N2O2S/c1-5-23(3,4)16-8-11-18-19(13-24)22(28-20(18)12-16)25-21(26)14-27-17-9-6-15(2)7-10-17/h6-7,9-10,16H,5,8,11-12,14H2,1-4H3,(H,25,26). The first-order valence-electron chi connectivity index (χ1n) is 9.88. The lowest BCUT2D eigenvalue weighted by Crippen LogP contribution is -2.28. The van der Waals surface area contributed by atoms with Gasteiger partial charge in [0.2, 0.25) is 0 Å². The van der Waals surface area contributed by atoms with Gasteiger partial charge in [-0.05, 0) is 55.2 Å². The van der Waals surface area contributed by atoms with Gasteiger partial charge in [-0.1, -0.05) is 44.9 Å². The Hall–Kier alpha value is -2.32. The van der Waals surface area contributed by atoms with E-state index in [1.807, 2.05) is 31.2 Å². The first-order valence-corrected chi connectivity index (χ1v) is 10.7. The van der Waals surface area contributed by atoms with Crippen molar-refractivity contribution in [2.45, 2.75) is 53.4 Å². The summed E-state index contributed by atoms with van der Waals surface area (Å²) < 4.78 is 5.56. The molecular formula is C23H28N2O2S. The van der Waals surface area contributed by atoms with Crippen molar-refractivity contribution in [1.82, 2.24) is 0 Å². The van der Waals surface area contributed by atoms with Crippen molar-refractivity contribution in [3.63, 3.8) is 0 Å². The van der Waals surface area contributed by atoms with Crippen molar-refractivity contribution < 1.29 is 9.53 Å². The Kier molecular flexibility index (Phi) is 6.10. The average Bonchev–Trinajstić information content (AvgIpc) is 3.03. The molecule has 1 aliphatic carbocycles. The van der Waals surface area contributed by atoms with Gasteiger partial charge < -0.3 is 10.1 Å². The Labute approximate surface area is 171 Å². The van der Waals surface area contributed by atoms with Crippen molar-refractivity contribution in [2.24, 2.45) is 11.3 Å². The van der Waals surface area contributed by atoms with Crippen LogP contribution in [0.3, 0.4) is 0 Å². The maximum absolute atomic E-state index is 12.4. The minimum Gasteiger partial charge on any atom is -0.484 e. The van der Waals surface area contributed by atoms with Crippen LogP contribution in [-0.4, -0.2) is 12.5 Å². The Morgan fingerprint density at radius 2 is 2.07 bits per heavy atom. The van der Waals surface area contributed by atoms with E-state index in [9.17, 15) is 10.1 Å². The fraction of sp³-hybridized carbons (Fsp3) is 0.478. The molecule has 0 aliphatic heterocycles. The molecule has 1 amide bonds. The number of carbonyl (C=O) groups excluding carboxylic acids is 1. The largest absolute Gasteiger partial charge is 0.484 e. The zero-order chi connectivity index (χ0) is 20.3. The van der Waals surface area contributed by atoms with E-state index in [1.165, 1.54) is 4.88 Å². The van der Waals surface area contributed by atoms with Gasteiger partial charge in [0.05, 0.1) is 5.56 Å². The maximum atomic E-state index is 12.4. The Bertz CT molecular complexity index is 891. The summed E-state index contributed by atoms with van der Waals surface area (Å²) in [5.41, 5.74) is 3.20. The van der Waals surface area contributed by atoms with Crippen LogP contribution >= 0.6 is 11.3 Å². The van der Waals surface area contributed by atoms with Gasteiger partial charge in [0.1, 0.15) is 16.8 Å². The van der Waals surface area contributed by atoms with E-state index in [1.54, 1.807) is 11.3 Å². The van der Waals surface area contributed by atoms with Gasteiger partial charge in [0, 0.05) is 4.88 Å². The summed E-state index contributed by atoms with van der Waals surface area (Å²) in [4.78, 5) is 13.6. The Morgan fingerprint density at radius 3 is 2.71 bits per heavy atom. The number of anilines is 1. The molecule has 28 heavy (non-hydrogen) atoms. The van der Waals surface area contributed by atoms with Gasteiger partial charge in [-0.15, -0.1) is 11.3 Å².